The summed E-state index contributed by atoms with van der Waals surface area (Å²) >= 11 is 0. The second-order valence-electron chi connectivity index (χ2n) is 9.80. The number of hydrogen-bond donors (Lipinski definition) is 3. The molecule has 3 heterocycles. The van der Waals surface area contributed by atoms with Crippen molar-refractivity contribution in [3.05, 3.63) is 42.0 Å². The zero-order chi connectivity index (χ0) is 22.8. The first kappa shape index (κ1) is 21.9. The highest BCUT2D eigenvalue weighted by Gasteiger charge is 2.31. The highest BCUT2D eigenvalue weighted by Crippen LogP contribution is 2.31. The number of fused-ring (bicyclic) bond motifs is 2. The Hall–Kier alpha value is -2.93. The lowest BCUT2D eigenvalue weighted by Crippen LogP contribution is -2.49. The standard InChI is InChI=1S/C26H33N5O2/c1-31(21-7-8-21)26(33)12-6-17-5-9-22(24(32)15-17)23-10-11-25(30-29-23)27-16-18-13-19-3-2-4-20(14-18)28-19/h5-6,9-12,15,18-21,28,32H,2-4,7-8,13-14,16H2,1H3,(H,27,30)/b12-6+. The van der Waals surface area contributed by atoms with Crippen molar-refractivity contribution in [2.24, 2.45) is 5.92 Å². The molecule has 7 heteroatoms. The van der Waals surface area contributed by atoms with Crippen LogP contribution in [-0.2, 0) is 4.79 Å². The molecule has 1 aliphatic carbocycles. The van der Waals surface area contributed by atoms with Gasteiger partial charge >= 0.3 is 0 Å². The van der Waals surface area contributed by atoms with Gasteiger partial charge < -0.3 is 20.6 Å². The van der Waals surface area contributed by atoms with E-state index in [0.29, 0.717) is 35.3 Å². The molecule has 2 unspecified atom stereocenters. The van der Waals surface area contributed by atoms with Crippen molar-refractivity contribution < 1.29 is 9.90 Å². The molecule has 7 nitrogen and oxygen atoms in total. The molecule has 1 aromatic heterocycles. The van der Waals surface area contributed by atoms with Crippen LogP contribution in [0, 0.1) is 5.92 Å². The average Bonchev–Trinajstić information content (AvgIpc) is 3.67. The number of piperidine rings is 2. The van der Waals surface area contributed by atoms with E-state index in [2.05, 4.69) is 20.8 Å². The predicted octanol–water partition coefficient (Wildman–Crippen LogP) is 3.82. The van der Waals surface area contributed by atoms with Gasteiger partial charge in [-0.15, -0.1) is 10.2 Å². The fraction of sp³-hybridized carbons (Fsp3) is 0.500. The van der Waals surface area contributed by atoms with Crippen molar-refractivity contribution in [2.75, 3.05) is 18.9 Å². The van der Waals surface area contributed by atoms with E-state index in [-0.39, 0.29) is 11.7 Å². The number of likely N-dealkylation sites (N-methyl/N-ethyl adjacent to an activating group) is 1. The summed E-state index contributed by atoms with van der Waals surface area (Å²) < 4.78 is 0. The minimum absolute atomic E-state index is 0.0114. The molecular formula is C26H33N5O2. The number of anilines is 1. The van der Waals surface area contributed by atoms with Gasteiger partial charge in [-0.3, -0.25) is 4.79 Å². The van der Waals surface area contributed by atoms with Gasteiger partial charge in [0, 0.05) is 43.4 Å². The maximum atomic E-state index is 12.2. The normalized spacial score (nSPS) is 24.6. The largest absolute Gasteiger partial charge is 0.507 e. The molecule has 174 valence electrons. The Balaban J connectivity index is 1.17. The first-order valence-electron chi connectivity index (χ1n) is 12.2. The summed E-state index contributed by atoms with van der Waals surface area (Å²) in [5, 5.41) is 26.3. The molecule has 2 bridgehead atoms. The lowest BCUT2D eigenvalue weighted by atomic mass is 9.80. The van der Waals surface area contributed by atoms with Crippen LogP contribution in [0.25, 0.3) is 17.3 Å². The van der Waals surface area contributed by atoms with Crippen LogP contribution in [0.1, 0.15) is 50.5 Å². The number of carbonyl (C=O) groups excluding carboxylic acids is 1. The highest BCUT2D eigenvalue weighted by molar-refractivity contribution is 5.92. The molecule has 5 rings (SSSR count). The number of amides is 1. The third-order valence-corrected chi connectivity index (χ3v) is 7.21. The van der Waals surface area contributed by atoms with Gasteiger partial charge in [-0.2, -0.15) is 0 Å². The molecule has 2 aliphatic heterocycles. The van der Waals surface area contributed by atoms with Gasteiger partial charge in [-0.25, -0.2) is 0 Å². The number of hydrogen-bond acceptors (Lipinski definition) is 6. The van der Waals surface area contributed by atoms with E-state index in [1.54, 1.807) is 23.1 Å². The molecule has 1 saturated carbocycles. The number of nitrogens with one attached hydrogen (secondary N) is 2. The number of rotatable bonds is 7. The minimum Gasteiger partial charge on any atom is -0.507 e. The Bertz CT molecular complexity index is 1010. The third kappa shape index (κ3) is 5.36. The Morgan fingerprint density at radius 1 is 1.15 bits per heavy atom. The molecule has 3 aliphatic rings. The van der Waals surface area contributed by atoms with Crippen LogP contribution in [0.2, 0.25) is 0 Å². The molecule has 3 N–H and O–H groups in total. The Labute approximate surface area is 195 Å². The second-order valence-corrected chi connectivity index (χ2v) is 9.80. The van der Waals surface area contributed by atoms with Gasteiger partial charge in [0.05, 0.1) is 5.69 Å². The van der Waals surface area contributed by atoms with Crippen molar-refractivity contribution in [2.45, 2.75) is 63.1 Å². The van der Waals surface area contributed by atoms with Crippen LogP contribution in [0.5, 0.6) is 5.75 Å². The van der Waals surface area contributed by atoms with E-state index in [1.807, 2.05) is 31.3 Å². The number of aromatic nitrogens is 2. The predicted molar refractivity (Wildman–Crippen MR) is 130 cm³/mol. The molecule has 3 fully saturated rings. The van der Waals surface area contributed by atoms with Gasteiger partial charge in [0.2, 0.25) is 5.91 Å². The van der Waals surface area contributed by atoms with Gasteiger partial charge in [-0.1, -0.05) is 12.5 Å². The number of carbonyl (C=O) groups is 1. The topological polar surface area (TPSA) is 90.4 Å². The number of phenols is 1. The van der Waals surface area contributed by atoms with Gasteiger partial charge in [0.15, 0.2) is 0 Å². The van der Waals surface area contributed by atoms with E-state index >= 15 is 0 Å². The van der Waals surface area contributed by atoms with E-state index in [0.717, 1.165) is 30.8 Å². The zero-order valence-corrected chi connectivity index (χ0v) is 19.2. The summed E-state index contributed by atoms with van der Waals surface area (Å²) in [5.74, 6) is 1.54. The molecular weight excluding hydrogens is 414 g/mol. The molecule has 2 aromatic rings. The van der Waals surface area contributed by atoms with Crippen molar-refractivity contribution in [3.63, 3.8) is 0 Å². The maximum Gasteiger partial charge on any atom is 0.246 e. The number of benzene rings is 1. The van der Waals surface area contributed by atoms with Crippen LogP contribution in [-0.4, -0.2) is 57.8 Å². The fourth-order valence-electron chi connectivity index (χ4n) is 5.16. The molecule has 0 radical (unpaired) electrons. The molecule has 2 atom stereocenters. The Morgan fingerprint density at radius 3 is 2.61 bits per heavy atom. The monoisotopic (exact) mass is 447 g/mol. The van der Waals surface area contributed by atoms with Crippen molar-refractivity contribution in [3.8, 4) is 17.0 Å². The third-order valence-electron chi connectivity index (χ3n) is 7.21. The molecule has 1 amide bonds. The van der Waals surface area contributed by atoms with Gasteiger partial charge in [-0.05, 0) is 80.3 Å². The first-order chi connectivity index (χ1) is 16.0. The van der Waals surface area contributed by atoms with Crippen molar-refractivity contribution >= 4 is 17.8 Å². The van der Waals surface area contributed by atoms with E-state index in [9.17, 15) is 9.90 Å². The molecule has 1 aromatic carbocycles. The van der Waals surface area contributed by atoms with Crippen molar-refractivity contribution in [1.29, 1.82) is 0 Å². The average molecular weight is 448 g/mol. The molecule has 33 heavy (non-hydrogen) atoms. The Kier molecular flexibility index (Phi) is 6.31. The number of aromatic hydroxyl groups is 1. The smallest absolute Gasteiger partial charge is 0.246 e. The number of nitrogens with zero attached hydrogens (tertiary/aromatic N) is 3. The van der Waals surface area contributed by atoms with Crippen molar-refractivity contribution in [1.82, 2.24) is 20.4 Å². The lowest BCUT2D eigenvalue weighted by Gasteiger charge is -2.40. The molecule has 2 saturated heterocycles. The van der Waals surface area contributed by atoms with Gasteiger partial charge in [0.1, 0.15) is 11.6 Å². The van der Waals surface area contributed by atoms with Crippen LogP contribution < -0.4 is 10.6 Å². The summed E-state index contributed by atoms with van der Waals surface area (Å²) in [6.45, 7) is 0.920. The summed E-state index contributed by atoms with van der Waals surface area (Å²) in [4.78, 5) is 13.9. The quantitative estimate of drug-likeness (QED) is 0.559. The van der Waals surface area contributed by atoms with Crippen LogP contribution in [0.3, 0.4) is 0 Å². The summed E-state index contributed by atoms with van der Waals surface area (Å²) in [7, 11) is 1.83. The lowest BCUT2D eigenvalue weighted by molar-refractivity contribution is -0.125. The SMILES string of the molecule is CN(C(=O)/C=C/c1ccc(-c2ccc(NCC3CC4CCCC(C3)N4)nn2)c(O)c1)C1CC1. The van der Waals surface area contributed by atoms with Crippen LogP contribution in [0.15, 0.2) is 36.4 Å². The fourth-order valence-corrected chi connectivity index (χ4v) is 5.16. The van der Waals surface area contributed by atoms with Crippen LogP contribution in [0.4, 0.5) is 5.82 Å². The first-order valence-corrected chi connectivity index (χ1v) is 12.2. The second kappa shape index (κ2) is 9.51. The summed E-state index contributed by atoms with van der Waals surface area (Å²) in [6, 6.07) is 10.9. The van der Waals surface area contributed by atoms with E-state index in [1.165, 1.54) is 32.1 Å². The summed E-state index contributed by atoms with van der Waals surface area (Å²) in [6.07, 6.45) is 11.9. The maximum absolute atomic E-state index is 12.2. The summed E-state index contributed by atoms with van der Waals surface area (Å²) in [5.41, 5.74) is 2.01. The van der Waals surface area contributed by atoms with Gasteiger partial charge in [0.25, 0.3) is 0 Å². The van der Waals surface area contributed by atoms with E-state index < -0.39 is 0 Å². The zero-order valence-electron chi connectivity index (χ0n) is 19.2. The molecule has 0 spiro atoms. The van der Waals surface area contributed by atoms with E-state index in [4.69, 9.17) is 0 Å². The Morgan fingerprint density at radius 2 is 1.94 bits per heavy atom. The van der Waals surface area contributed by atoms with Crippen LogP contribution >= 0.6 is 0 Å². The minimum atomic E-state index is -0.0114. The number of phenolic OH excluding ortho intramolecular Hbond substituents is 1. The highest BCUT2D eigenvalue weighted by atomic mass is 16.3.